The number of fused-ring (bicyclic) bond motifs is 4. The maximum atomic E-state index is 15.4. The monoisotopic (exact) mass is 1700 g/mol. The molecule has 33 heteroatoms. The number of alkyl halides is 6. The molecule has 4 aliphatic rings. The minimum Gasteiger partial charge on any atom is -0.497 e. The first-order valence-corrected chi connectivity index (χ1v) is 45.1. The van der Waals surface area contributed by atoms with Gasteiger partial charge in [-0.1, -0.05) is 129 Å². The quantitative estimate of drug-likeness (QED) is 0.0188. The lowest BCUT2D eigenvalue weighted by atomic mass is 10.0. The number of ether oxygens (including phenoxy) is 13. The summed E-state index contributed by atoms with van der Waals surface area (Å²) in [7, 11) is -1.28. The van der Waals surface area contributed by atoms with Crippen molar-refractivity contribution >= 4 is 133 Å². The van der Waals surface area contributed by atoms with Gasteiger partial charge in [-0.2, -0.15) is 0 Å². The van der Waals surface area contributed by atoms with E-state index in [1.807, 2.05) is 56.5 Å². The first-order valence-electron chi connectivity index (χ1n) is 37.0. The van der Waals surface area contributed by atoms with Crippen LogP contribution in [0.25, 0.3) is 11.1 Å². The molecule has 111 heavy (non-hydrogen) atoms. The molecule has 0 fully saturated rings. The van der Waals surface area contributed by atoms with Crippen LogP contribution in [0.2, 0.25) is 36.3 Å². The number of amides is 4. The summed E-state index contributed by atoms with van der Waals surface area (Å²) < 4.78 is 86.9. The topological polar surface area (TPSA) is 245 Å². The second-order valence-electron chi connectivity index (χ2n) is 29.8. The Kier molecular flexibility index (Phi) is 33.9. The van der Waals surface area contributed by atoms with E-state index in [9.17, 15) is 4.79 Å². The lowest BCUT2D eigenvalue weighted by Gasteiger charge is -2.44. The zero-order valence-corrected chi connectivity index (χ0v) is 72.2. The van der Waals surface area contributed by atoms with Crippen LogP contribution in [0.4, 0.5) is 21.0 Å². The average molecular weight is 1700 g/mol. The molecule has 0 saturated heterocycles. The van der Waals surface area contributed by atoms with Gasteiger partial charge in [-0.05, 0) is 127 Å². The minimum absolute atomic E-state index is 0.0235. The molecule has 0 spiro atoms. The summed E-state index contributed by atoms with van der Waals surface area (Å²) in [6.07, 6.45) is 10.0. The molecule has 3 aromatic carbocycles. The highest BCUT2D eigenvalue weighted by molar-refractivity contribution is 6.74. The van der Waals surface area contributed by atoms with Crippen molar-refractivity contribution in [3.8, 4) is 47.0 Å². The fraction of sp³-hybridized carbons (Fsp3) is 0.577. The van der Waals surface area contributed by atoms with Crippen LogP contribution in [0.5, 0.6) is 34.6 Å². The molecule has 0 bridgehead atoms. The summed E-state index contributed by atoms with van der Waals surface area (Å²) in [4.78, 5) is 71.0. The van der Waals surface area contributed by atoms with Crippen molar-refractivity contribution in [3.05, 3.63) is 102 Å². The minimum atomic E-state index is -2.89. The van der Waals surface area contributed by atoms with E-state index in [4.69, 9.17) is 146 Å². The van der Waals surface area contributed by atoms with Crippen LogP contribution in [0.15, 0.2) is 79.3 Å². The highest BCUT2D eigenvalue weighted by Gasteiger charge is 2.54. The van der Waals surface area contributed by atoms with Crippen molar-refractivity contribution in [1.82, 2.24) is 20.1 Å². The fourth-order valence-electron chi connectivity index (χ4n) is 11.8. The summed E-state index contributed by atoms with van der Waals surface area (Å²) >= 11 is 37.3. The van der Waals surface area contributed by atoms with Crippen molar-refractivity contribution in [2.75, 3.05) is 143 Å². The molecule has 5 heterocycles. The number of halogens is 6. The van der Waals surface area contributed by atoms with Crippen LogP contribution in [0.1, 0.15) is 118 Å². The molecule has 4 amide bonds. The van der Waals surface area contributed by atoms with Gasteiger partial charge in [0.1, 0.15) is 25.6 Å². The van der Waals surface area contributed by atoms with Gasteiger partial charge in [0.2, 0.25) is 13.5 Å². The number of carbonyl (C=O) groups is 4. The average Bonchev–Trinajstić information content (AvgIpc) is 1.60. The molecule has 4 aromatic rings. The molecule has 25 nitrogen and oxygen atoms in total. The van der Waals surface area contributed by atoms with Crippen LogP contribution in [0, 0.1) is 12.3 Å². The maximum absolute atomic E-state index is 15.4. The van der Waals surface area contributed by atoms with Crippen molar-refractivity contribution in [2.45, 2.75) is 155 Å². The predicted molar refractivity (Wildman–Crippen MR) is 436 cm³/mol. The van der Waals surface area contributed by atoms with Gasteiger partial charge in [0.05, 0.1) is 88.9 Å². The number of anilines is 2. The Morgan fingerprint density at radius 1 is 0.523 bits per heavy atom. The molecular weight excluding hydrogens is 1590 g/mol. The van der Waals surface area contributed by atoms with Crippen molar-refractivity contribution in [3.63, 3.8) is 0 Å². The van der Waals surface area contributed by atoms with E-state index in [0.29, 0.717) is 89.8 Å². The van der Waals surface area contributed by atoms with Crippen LogP contribution in [-0.4, -0.2) is 221 Å². The van der Waals surface area contributed by atoms with Gasteiger partial charge < -0.3 is 85.5 Å². The SMILES string of the molecule is C#CCNCCOCCCOCCCOCCCOCCCOCCOc1ccc(C2=CN3C(=O)c4cc(OC)c(OCCCOc5cc6c(cc5OC)C(=O)N5C=C(c7ccc(OC)cc7)CC5C(O[Si](C)(C)C(C)(C)C)N6C(=O)OCC(Cl)(Cl)Cl)cc4N(C(=O)OCC(Cl)(Cl)Cl)C(O[Si](C)(C)C(C)(C)C)C3C2)cn1. The van der Waals surface area contributed by atoms with E-state index in [1.54, 1.807) is 41.6 Å². The number of methoxy groups -OCH3 is 3. The Morgan fingerprint density at radius 2 is 0.928 bits per heavy atom. The van der Waals surface area contributed by atoms with Gasteiger partial charge >= 0.3 is 12.2 Å². The third kappa shape index (κ3) is 25.5. The molecule has 0 radical (unpaired) electrons. The van der Waals surface area contributed by atoms with Gasteiger partial charge in [0.25, 0.3) is 11.8 Å². The maximum Gasteiger partial charge on any atom is 0.416 e. The van der Waals surface area contributed by atoms with Crippen LogP contribution in [-0.2, 0) is 42.0 Å². The van der Waals surface area contributed by atoms with E-state index < -0.39 is 91.0 Å². The highest BCUT2D eigenvalue weighted by Crippen LogP contribution is 2.50. The number of carbonyl (C=O) groups excluding carboxylic acids is 4. The number of terminal acetylenes is 1. The standard InChI is InChI=1S/C78H106Cl6N6O19Si2/c1-15-27-85-28-39-101-35-18-33-99-31-16-29-98-30-17-32-100-34-19-36-102-40-41-105-68-26-23-54(48-86-68)56-43-63-72(109-111(13,14)76(5,6)7)90(74(94)107-52-78(82,83)84)61-47-67(65(97-10)45-59(61)70(92)88(63)50-56)104-38-20-37-103-66-46-60-58(44-64(66)96-9)69(91)87-49-55(53-21-24-57(95-8)25-22-53)42-62(87)71(108-110(11,12)75(2,3)4)89(60)73(93)106-51-77(79,80)81/h1,21-26,44-50,62-63,71-72,85H,16-20,27-43,51-52H2,2-14H3. The normalized spacial score (nSPS) is 17.4. The number of rotatable bonds is 41. The lowest BCUT2D eigenvalue weighted by Crippen LogP contribution is -2.58. The first kappa shape index (κ1) is 90.5. The van der Waals surface area contributed by atoms with Crippen molar-refractivity contribution < 1.29 is 89.6 Å². The van der Waals surface area contributed by atoms with Crippen molar-refractivity contribution in [2.24, 2.45) is 0 Å². The largest absolute Gasteiger partial charge is 0.497 e. The lowest BCUT2D eigenvalue weighted by molar-refractivity contribution is 0.0463. The van der Waals surface area contributed by atoms with Gasteiger partial charge in [0, 0.05) is 103 Å². The Bertz CT molecular complexity index is 3850. The highest BCUT2D eigenvalue weighted by atomic mass is 35.6. The molecule has 0 aliphatic carbocycles. The molecular formula is C78H106Cl6N6O19Si2. The summed E-state index contributed by atoms with van der Waals surface area (Å²) in [5.74, 6) is 3.22. The van der Waals surface area contributed by atoms with Gasteiger partial charge in [-0.3, -0.25) is 9.59 Å². The molecule has 4 atom stereocenters. The first-order chi connectivity index (χ1) is 52.6. The number of nitrogens with one attached hydrogen (secondary N) is 1. The third-order valence-electron chi connectivity index (χ3n) is 19.7. The number of pyridine rings is 1. The molecule has 612 valence electrons. The number of hydrogen-bond acceptors (Lipinski definition) is 21. The summed E-state index contributed by atoms with van der Waals surface area (Å²) in [6.45, 7) is 26.6. The Hall–Kier alpha value is -6.02. The van der Waals surface area contributed by atoms with Crippen LogP contribution >= 0.6 is 69.6 Å². The third-order valence-corrected chi connectivity index (χ3v) is 29.2. The molecule has 1 aromatic heterocycles. The van der Waals surface area contributed by atoms with Crippen LogP contribution < -0.4 is 43.5 Å². The Morgan fingerprint density at radius 3 is 1.32 bits per heavy atom. The zero-order chi connectivity index (χ0) is 80.9. The zero-order valence-electron chi connectivity index (χ0n) is 65.6. The number of hydrogen-bond donors (Lipinski definition) is 1. The number of nitrogens with zero attached hydrogens (tertiary/aromatic N) is 5. The molecule has 8 rings (SSSR count). The molecule has 0 saturated carbocycles. The Balaban J connectivity index is 0.951. The van der Waals surface area contributed by atoms with Gasteiger partial charge in [0.15, 0.2) is 52.1 Å². The van der Waals surface area contributed by atoms with E-state index in [1.165, 1.54) is 48.3 Å². The van der Waals surface area contributed by atoms with Crippen molar-refractivity contribution in [1.29, 1.82) is 0 Å². The molecule has 4 aliphatic heterocycles. The summed E-state index contributed by atoms with van der Waals surface area (Å²) in [5, 5.41) is 2.31. The van der Waals surface area contributed by atoms with Gasteiger partial charge in [-0.15, -0.1) is 6.42 Å². The second kappa shape index (κ2) is 41.5. The number of aromatic nitrogens is 1. The summed E-state index contributed by atoms with van der Waals surface area (Å²) in [5.41, 5.74) is 3.34. The summed E-state index contributed by atoms with van der Waals surface area (Å²) in [6, 6.07) is 15.5. The van der Waals surface area contributed by atoms with E-state index in [-0.39, 0.29) is 89.6 Å². The smallest absolute Gasteiger partial charge is 0.416 e. The number of benzene rings is 3. The predicted octanol–water partition coefficient (Wildman–Crippen LogP) is 16.1. The fourth-order valence-corrected chi connectivity index (χ4v) is 14.6. The Labute approximate surface area is 684 Å². The molecule has 1 N–H and O–H groups in total. The van der Waals surface area contributed by atoms with E-state index >= 15 is 14.4 Å². The molecule has 4 unspecified atom stereocenters. The van der Waals surface area contributed by atoms with E-state index in [2.05, 4.69) is 57.8 Å². The van der Waals surface area contributed by atoms with E-state index in [0.717, 1.165) is 48.9 Å². The van der Waals surface area contributed by atoms with Crippen LogP contribution in [0.3, 0.4) is 0 Å². The van der Waals surface area contributed by atoms with Gasteiger partial charge in [-0.25, -0.2) is 24.4 Å². The second-order valence-corrected chi connectivity index (χ2v) is 44.3.